The first kappa shape index (κ1) is 23.5. The van der Waals surface area contributed by atoms with Crippen molar-refractivity contribution >= 4 is 39.7 Å². The van der Waals surface area contributed by atoms with Gasteiger partial charge in [-0.2, -0.15) is 0 Å². The zero-order chi connectivity index (χ0) is 23.4. The van der Waals surface area contributed by atoms with Crippen molar-refractivity contribution in [3.8, 4) is 0 Å². The highest BCUT2D eigenvalue weighted by molar-refractivity contribution is 7.17. The molecule has 33 heavy (non-hydrogen) atoms. The minimum Gasteiger partial charge on any atom is -0.450 e. The Labute approximate surface area is 202 Å². The van der Waals surface area contributed by atoms with Gasteiger partial charge in [-0.15, -0.1) is 22.7 Å². The minimum atomic E-state index is -0.250. The molecule has 0 aliphatic carbocycles. The fourth-order valence-electron chi connectivity index (χ4n) is 4.21. The lowest BCUT2D eigenvalue weighted by atomic mass is 9.94. The van der Waals surface area contributed by atoms with Crippen molar-refractivity contribution < 1.29 is 14.3 Å². The maximum absolute atomic E-state index is 12.9. The van der Waals surface area contributed by atoms with Gasteiger partial charge in [-0.05, 0) is 43.3 Å². The first-order chi connectivity index (χ1) is 16.0. The topological polar surface area (TPSA) is 61.9 Å². The largest absolute Gasteiger partial charge is 0.450 e. The molecule has 1 N–H and O–H groups in total. The highest BCUT2D eigenvalue weighted by Gasteiger charge is 2.32. The van der Waals surface area contributed by atoms with Gasteiger partial charge in [0.25, 0.3) is 5.91 Å². The third-order valence-electron chi connectivity index (χ3n) is 6.00. The number of piperazine rings is 1. The summed E-state index contributed by atoms with van der Waals surface area (Å²) < 4.78 is 5.19. The number of thiophene rings is 2. The summed E-state index contributed by atoms with van der Waals surface area (Å²) >= 11 is 3.07. The number of hydrogen-bond acceptors (Lipinski definition) is 6. The monoisotopic (exact) mass is 483 g/mol. The summed E-state index contributed by atoms with van der Waals surface area (Å²) in [5.41, 5.74) is 3.51. The van der Waals surface area contributed by atoms with Gasteiger partial charge in [-0.3, -0.25) is 9.69 Å². The van der Waals surface area contributed by atoms with Gasteiger partial charge in [-0.25, -0.2) is 4.79 Å². The van der Waals surface area contributed by atoms with E-state index < -0.39 is 0 Å². The number of nitrogens with one attached hydrogen (secondary N) is 1. The summed E-state index contributed by atoms with van der Waals surface area (Å²) in [6.07, 6.45) is -0.250. The Hall–Kier alpha value is -2.68. The molecule has 0 radical (unpaired) electrons. The van der Waals surface area contributed by atoms with E-state index in [9.17, 15) is 9.59 Å². The van der Waals surface area contributed by atoms with Crippen LogP contribution in [0, 0.1) is 13.8 Å². The lowest BCUT2D eigenvalue weighted by Gasteiger charge is -2.39. The SMILES string of the molecule is CCOC(=O)N1CCN(C(c2ccccc2)c2c(NC(=O)c3cccs3)sc(C)c2C)CC1. The van der Waals surface area contributed by atoms with E-state index >= 15 is 0 Å². The van der Waals surface area contributed by atoms with Crippen LogP contribution in [-0.4, -0.2) is 54.6 Å². The third-order valence-corrected chi connectivity index (χ3v) is 8.01. The van der Waals surface area contributed by atoms with Crippen LogP contribution in [0.2, 0.25) is 0 Å². The number of hydrogen-bond donors (Lipinski definition) is 1. The van der Waals surface area contributed by atoms with Crippen molar-refractivity contribution in [2.24, 2.45) is 0 Å². The first-order valence-corrected chi connectivity index (χ1v) is 12.8. The van der Waals surface area contributed by atoms with E-state index in [-0.39, 0.29) is 18.0 Å². The molecule has 1 atom stereocenters. The highest BCUT2D eigenvalue weighted by Crippen LogP contribution is 2.42. The Morgan fingerprint density at radius 1 is 1.06 bits per heavy atom. The highest BCUT2D eigenvalue weighted by atomic mass is 32.1. The number of ether oxygens (including phenoxy) is 1. The summed E-state index contributed by atoms with van der Waals surface area (Å²) in [5, 5.41) is 5.99. The molecule has 2 aromatic heterocycles. The number of rotatable bonds is 6. The van der Waals surface area contributed by atoms with Gasteiger partial charge in [0.15, 0.2) is 0 Å². The van der Waals surface area contributed by atoms with Crippen LogP contribution in [0.15, 0.2) is 47.8 Å². The van der Waals surface area contributed by atoms with E-state index in [1.807, 2.05) is 30.5 Å². The van der Waals surface area contributed by atoms with Gasteiger partial charge >= 0.3 is 6.09 Å². The van der Waals surface area contributed by atoms with Crippen molar-refractivity contribution in [2.75, 3.05) is 38.1 Å². The Kier molecular flexibility index (Phi) is 7.47. The van der Waals surface area contributed by atoms with Gasteiger partial charge in [0.2, 0.25) is 0 Å². The Balaban J connectivity index is 1.66. The van der Waals surface area contributed by atoms with Crippen LogP contribution >= 0.6 is 22.7 Å². The molecule has 1 fully saturated rings. The van der Waals surface area contributed by atoms with Crippen molar-refractivity contribution in [3.63, 3.8) is 0 Å². The minimum absolute atomic E-state index is 0.0147. The quantitative estimate of drug-likeness (QED) is 0.500. The summed E-state index contributed by atoms with van der Waals surface area (Å²) in [6, 6.07) is 14.1. The van der Waals surface area contributed by atoms with Crippen LogP contribution in [0.1, 0.15) is 44.2 Å². The molecule has 3 heterocycles. The number of anilines is 1. The summed E-state index contributed by atoms with van der Waals surface area (Å²) in [5.74, 6) is -0.0774. The summed E-state index contributed by atoms with van der Waals surface area (Å²) in [6.45, 7) is 9.12. The zero-order valence-corrected chi connectivity index (χ0v) is 20.8. The van der Waals surface area contributed by atoms with E-state index in [0.29, 0.717) is 24.6 Å². The molecule has 0 saturated carbocycles. The molecule has 0 spiro atoms. The average Bonchev–Trinajstić information content (AvgIpc) is 3.46. The number of carbonyl (C=O) groups excluding carboxylic acids is 2. The molecule has 174 valence electrons. The standard InChI is InChI=1S/C25H29N3O3S2/c1-4-31-25(30)28-14-12-27(13-15-28)22(19-9-6-5-7-10-19)21-17(2)18(3)33-24(21)26-23(29)20-11-8-16-32-20/h5-11,16,22H,4,12-15H2,1-3H3,(H,26,29). The second kappa shape index (κ2) is 10.5. The molecule has 2 amide bonds. The fourth-order valence-corrected chi connectivity index (χ4v) is 5.92. The number of aryl methyl sites for hydroxylation is 1. The van der Waals surface area contributed by atoms with Crippen LogP contribution in [0.4, 0.5) is 9.80 Å². The Morgan fingerprint density at radius 2 is 1.79 bits per heavy atom. The summed E-state index contributed by atoms with van der Waals surface area (Å²) in [4.78, 5) is 31.2. The predicted octanol–water partition coefficient (Wildman–Crippen LogP) is 5.54. The molecular weight excluding hydrogens is 454 g/mol. The molecule has 1 aliphatic heterocycles. The maximum atomic E-state index is 12.9. The second-order valence-corrected chi connectivity index (χ2v) is 10.2. The van der Waals surface area contributed by atoms with E-state index in [1.54, 1.807) is 16.2 Å². The van der Waals surface area contributed by atoms with Crippen molar-refractivity contribution in [1.29, 1.82) is 0 Å². The van der Waals surface area contributed by atoms with Gasteiger partial charge in [0.1, 0.15) is 5.00 Å². The maximum Gasteiger partial charge on any atom is 0.409 e. The normalized spacial score (nSPS) is 15.3. The number of nitrogens with zero attached hydrogens (tertiary/aromatic N) is 2. The summed E-state index contributed by atoms with van der Waals surface area (Å²) in [7, 11) is 0. The smallest absolute Gasteiger partial charge is 0.409 e. The molecule has 1 aromatic carbocycles. The molecule has 1 saturated heterocycles. The van der Waals surface area contributed by atoms with E-state index in [0.717, 1.165) is 23.7 Å². The van der Waals surface area contributed by atoms with Gasteiger partial charge < -0.3 is 15.0 Å². The van der Waals surface area contributed by atoms with Crippen LogP contribution in [0.3, 0.4) is 0 Å². The Morgan fingerprint density at radius 3 is 2.42 bits per heavy atom. The van der Waals surface area contributed by atoms with E-state index in [1.165, 1.54) is 27.3 Å². The first-order valence-electron chi connectivity index (χ1n) is 11.1. The van der Waals surface area contributed by atoms with Gasteiger partial charge in [0.05, 0.1) is 17.5 Å². The number of benzene rings is 1. The third kappa shape index (κ3) is 5.13. The van der Waals surface area contributed by atoms with Crippen LogP contribution in [0.5, 0.6) is 0 Å². The predicted molar refractivity (Wildman–Crippen MR) is 135 cm³/mol. The molecule has 3 aromatic rings. The fraction of sp³-hybridized carbons (Fsp3) is 0.360. The number of carbonyl (C=O) groups is 2. The zero-order valence-electron chi connectivity index (χ0n) is 19.2. The number of amides is 2. The van der Waals surface area contributed by atoms with Gasteiger partial charge in [0, 0.05) is 36.6 Å². The van der Waals surface area contributed by atoms with Crippen molar-refractivity contribution in [3.05, 3.63) is 74.3 Å². The molecule has 0 bridgehead atoms. The molecule has 8 heteroatoms. The molecule has 1 aliphatic rings. The molecule has 6 nitrogen and oxygen atoms in total. The molecule has 4 rings (SSSR count). The van der Waals surface area contributed by atoms with Crippen molar-refractivity contribution in [2.45, 2.75) is 26.8 Å². The lowest BCUT2D eigenvalue weighted by Crippen LogP contribution is -2.50. The van der Waals surface area contributed by atoms with E-state index in [4.69, 9.17) is 4.74 Å². The average molecular weight is 484 g/mol. The van der Waals surface area contributed by atoms with E-state index in [2.05, 4.69) is 48.3 Å². The molecule has 1 unspecified atom stereocenters. The Bertz CT molecular complexity index is 1090. The van der Waals surface area contributed by atoms with Crippen LogP contribution < -0.4 is 5.32 Å². The van der Waals surface area contributed by atoms with Crippen LogP contribution in [-0.2, 0) is 4.74 Å². The van der Waals surface area contributed by atoms with Crippen LogP contribution in [0.25, 0.3) is 0 Å². The van der Waals surface area contributed by atoms with Gasteiger partial charge in [-0.1, -0.05) is 36.4 Å². The molecular formula is C25H29N3O3S2. The second-order valence-electron chi connectivity index (χ2n) is 7.99. The van der Waals surface area contributed by atoms with Crippen molar-refractivity contribution in [1.82, 2.24) is 9.80 Å². The lowest BCUT2D eigenvalue weighted by molar-refractivity contribution is 0.0715.